The van der Waals surface area contributed by atoms with E-state index < -0.39 is 0 Å². The van der Waals surface area contributed by atoms with Gasteiger partial charge in [-0.05, 0) is 31.9 Å². The molecule has 68 valence electrons. The second-order valence-electron chi connectivity index (χ2n) is 3.47. The summed E-state index contributed by atoms with van der Waals surface area (Å²) in [5, 5.41) is 0. The lowest BCUT2D eigenvalue weighted by Crippen LogP contribution is -2.13. The third kappa shape index (κ3) is 1.78. The minimum Gasteiger partial charge on any atom is -0.298 e. The molecule has 0 bridgehead atoms. The minimum absolute atomic E-state index is 0.0681. The third-order valence-electron chi connectivity index (χ3n) is 2.40. The average molecular weight is 192 g/mol. The van der Waals surface area contributed by atoms with Crippen LogP contribution in [0, 0.1) is 0 Å². The highest BCUT2D eigenvalue weighted by Gasteiger charge is 2.48. The topological polar surface area (TPSA) is 17.1 Å². The van der Waals surface area contributed by atoms with Gasteiger partial charge in [-0.1, -0.05) is 18.2 Å². The van der Waals surface area contributed by atoms with Crippen molar-refractivity contribution in [1.29, 1.82) is 0 Å². The molecule has 2 heteroatoms. The van der Waals surface area contributed by atoms with Crippen LogP contribution in [0.4, 0.5) is 0 Å². The Morgan fingerprint density at radius 3 is 2.38 bits per heavy atom. The van der Waals surface area contributed by atoms with Crippen molar-refractivity contribution < 1.29 is 4.79 Å². The van der Waals surface area contributed by atoms with Gasteiger partial charge in [-0.3, -0.25) is 4.79 Å². The van der Waals surface area contributed by atoms with Crippen molar-refractivity contribution in [1.82, 2.24) is 0 Å². The SMILES string of the molecule is CC(=O)C1(Sc2ccccc2)CC1. The summed E-state index contributed by atoms with van der Waals surface area (Å²) in [7, 11) is 0. The first kappa shape index (κ1) is 8.82. The zero-order chi connectivity index (χ0) is 9.31. The molecule has 2 rings (SSSR count). The summed E-state index contributed by atoms with van der Waals surface area (Å²) in [6.07, 6.45) is 2.09. The predicted octanol–water partition coefficient (Wildman–Crippen LogP) is 2.90. The zero-order valence-corrected chi connectivity index (χ0v) is 8.43. The molecule has 1 fully saturated rings. The Labute approximate surface area is 82.5 Å². The normalized spacial score (nSPS) is 18.2. The van der Waals surface area contributed by atoms with Gasteiger partial charge in [0.1, 0.15) is 5.78 Å². The van der Waals surface area contributed by atoms with Gasteiger partial charge in [0, 0.05) is 4.90 Å². The molecular formula is C11H12OS. The summed E-state index contributed by atoms with van der Waals surface area (Å²) in [4.78, 5) is 12.5. The van der Waals surface area contributed by atoms with Gasteiger partial charge in [-0.15, -0.1) is 11.8 Å². The van der Waals surface area contributed by atoms with Gasteiger partial charge in [0.25, 0.3) is 0 Å². The molecule has 0 N–H and O–H groups in total. The first-order chi connectivity index (χ1) is 6.23. The van der Waals surface area contributed by atoms with Crippen LogP contribution in [0.1, 0.15) is 19.8 Å². The van der Waals surface area contributed by atoms with Gasteiger partial charge in [0.15, 0.2) is 0 Å². The van der Waals surface area contributed by atoms with Gasteiger partial charge in [0.2, 0.25) is 0 Å². The molecule has 1 aliphatic carbocycles. The maximum Gasteiger partial charge on any atom is 0.146 e. The van der Waals surface area contributed by atoms with Crippen molar-refractivity contribution in [3.05, 3.63) is 30.3 Å². The Balaban J connectivity index is 2.11. The third-order valence-corrected chi connectivity index (χ3v) is 4.00. The number of Topliss-reactive ketones (excluding diaryl/α,β-unsaturated/α-hetero) is 1. The number of rotatable bonds is 3. The van der Waals surface area contributed by atoms with E-state index in [2.05, 4.69) is 12.1 Å². The van der Waals surface area contributed by atoms with Crippen LogP contribution < -0.4 is 0 Å². The van der Waals surface area contributed by atoms with E-state index >= 15 is 0 Å². The molecule has 0 radical (unpaired) electrons. The maximum atomic E-state index is 11.3. The molecule has 0 unspecified atom stereocenters. The fourth-order valence-corrected chi connectivity index (χ4v) is 2.55. The van der Waals surface area contributed by atoms with E-state index in [0.717, 1.165) is 12.8 Å². The van der Waals surface area contributed by atoms with E-state index in [-0.39, 0.29) is 4.75 Å². The van der Waals surface area contributed by atoms with Crippen LogP contribution in [0.15, 0.2) is 35.2 Å². The zero-order valence-electron chi connectivity index (χ0n) is 7.62. The molecule has 1 aromatic carbocycles. The van der Waals surface area contributed by atoms with E-state index in [0.29, 0.717) is 5.78 Å². The Hall–Kier alpha value is -0.760. The number of carbonyl (C=O) groups is 1. The molecule has 1 aromatic rings. The second kappa shape index (κ2) is 3.18. The number of ketones is 1. The lowest BCUT2D eigenvalue weighted by Gasteiger charge is -2.09. The molecule has 0 saturated heterocycles. The van der Waals surface area contributed by atoms with Crippen molar-refractivity contribution in [3.8, 4) is 0 Å². The van der Waals surface area contributed by atoms with Crippen molar-refractivity contribution in [2.24, 2.45) is 0 Å². The minimum atomic E-state index is -0.0681. The summed E-state index contributed by atoms with van der Waals surface area (Å²) in [6.45, 7) is 1.70. The number of carbonyl (C=O) groups excluding carboxylic acids is 1. The standard InChI is InChI=1S/C11H12OS/c1-9(12)11(7-8-11)13-10-5-3-2-4-6-10/h2-6H,7-8H2,1H3. The summed E-state index contributed by atoms with van der Waals surface area (Å²) in [6, 6.07) is 10.1. The van der Waals surface area contributed by atoms with E-state index in [4.69, 9.17) is 0 Å². The van der Waals surface area contributed by atoms with E-state index in [9.17, 15) is 4.79 Å². The van der Waals surface area contributed by atoms with Gasteiger partial charge in [-0.2, -0.15) is 0 Å². The van der Waals surface area contributed by atoms with Gasteiger partial charge in [-0.25, -0.2) is 0 Å². The molecule has 0 amide bonds. The van der Waals surface area contributed by atoms with E-state index in [1.807, 2.05) is 18.2 Å². The lowest BCUT2D eigenvalue weighted by molar-refractivity contribution is -0.117. The van der Waals surface area contributed by atoms with Gasteiger partial charge >= 0.3 is 0 Å². The molecule has 0 atom stereocenters. The van der Waals surface area contributed by atoms with E-state index in [1.165, 1.54) is 4.90 Å². The maximum absolute atomic E-state index is 11.3. The van der Waals surface area contributed by atoms with Crippen LogP contribution in [-0.2, 0) is 4.79 Å². The number of benzene rings is 1. The van der Waals surface area contributed by atoms with Gasteiger partial charge < -0.3 is 0 Å². The van der Waals surface area contributed by atoms with Crippen molar-refractivity contribution in [2.75, 3.05) is 0 Å². The summed E-state index contributed by atoms with van der Waals surface area (Å²) >= 11 is 1.72. The molecule has 13 heavy (non-hydrogen) atoms. The van der Waals surface area contributed by atoms with Crippen LogP contribution in [0.25, 0.3) is 0 Å². The Morgan fingerprint density at radius 2 is 1.92 bits per heavy atom. The molecule has 0 heterocycles. The van der Waals surface area contributed by atoms with Crippen molar-refractivity contribution >= 4 is 17.5 Å². The molecule has 1 saturated carbocycles. The van der Waals surface area contributed by atoms with Gasteiger partial charge in [0.05, 0.1) is 4.75 Å². The monoisotopic (exact) mass is 192 g/mol. The largest absolute Gasteiger partial charge is 0.298 e. The fourth-order valence-electron chi connectivity index (χ4n) is 1.35. The molecule has 0 spiro atoms. The quantitative estimate of drug-likeness (QED) is 0.732. The van der Waals surface area contributed by atoms with Crippen LogP contribution in [0.3, 0.4) is 0 Å². The van der Waals surface area contributed by atoms with Crippen LogP contribution >= 0.6 is 11.8 Å². The summed E-state index contributed by atoms with van der Waals surface area (Å²) in [5.41, 5.74) is 0. The van der Waals surface area contributed by atoms with E-state index in [1.54, 1.807) is 18.7 Å². The Morgan fingerprint density at radius 1 is 1.31 bits per heavy atom. The number of hydrogen-bond donors (Lipinski definition) is 0. The predicted molar refractivity (Wildman–Crippen MR) is 54.9 cm³/mol. The van der Waals surface area contributed by atoms with Crippen molar-refractivity contribution in [3.63, 3.8) is 0 Å². The molecule has 1 nitrogen and oxygen atoms in total. The summed E-state index contributed by atoms with van der Waals surface area (Å²) in [5.74, 6) is 0.321. The van der Waals surface area contributed by atoms with Crippen LogP contribution in [0.5, 0.6) is 0 Å². The highest BCUT2D eigenvalue weighted by Crippen LogP contribution is 2.52. The Bertz CT molecular complexity index is 314. The molecular weight excluding hydrogens is 180 g/mol. The number of hydrogen-bond acceptors (Lipinski definition) is 2. The Kier molecular flexibility index (Phi) is 2.16. The molecule has 1 aliphatic rings. The fraction of sp³-hybridized carbons (Fsp3) is 0.364. The summed E-state index contributed by atoms with van der Waals surface area (Å²) < 4.78 is -0.0681. The second-order valence-corrected chi connectivity index (χ2v) is 4.92. The van der Waals surface area contributed by atoms with Crippen molar-refractivity contribution in [2.45, 2.75) is 29.4 Å². The molecule has 0 aromatic heterocycles. The lowest BCUT2D eigenvalue weighted by atomic mass is 10.3. The smallest absolute Gasteiger partial charge is 0.146 e. The van der Waals surface area contributed by atoms with Crippen LogP contribution in [-0.4, -0.2) is 10.5 Å². The van der Waals surface area contributed by atoms with Crippen LogP contribution in [0.2, 0.25) is 0 Å². The number of thioether (sulfide) groups is 1. The molecule has 0 aliphatic heterocycles. The highest BCUT2D eigenvalue weighted by atomic mass is 32.2. The first-order valence-corrected chi connectivity index (χ1v) is 5.30. The first-order valence-electron chi connectivity index (χ1n) is 4.48. The highest BCUT2D eigenvalue weighted by molar-refractivity contribution is 8.01. The average Bonchev–Trinajstić information content (AvgIpc) is 2.87.